The summed E-state index contributed by atoms with van der Waals surface area (Å²) in [5.74, 6) is -0.550. The third kappa shape index (κ3) is 7.02. The Hall–Kier alpha value is -3.65. The Kier molecular flexibility index (Phi) is 12.2. The molecule has 3 aromatic heterocycles. The first-order valence-electron chi connectivity index (χ1n) is 15.3. The molecule has 8 nitrogen and oxygen atoms in total. The number of allylic oxidation sites excluding steroid dienone is 4. The molecule has 46 heavy (non-hydrogen) atoms. The van der Waals surface area contributed by atoms with Gasteiger partial charge in [0.05, 0.1) is 37.0 Å². The van der Waals surface area contributed by atoms with Gasteiger partial charge in [-0.1, -0.05) is 60.4 Å². The standard InChI is InChI=1S/C36H40N4O4.ClH.Fe/c1-9-23-19(3)27-15-28-21(5)25(11-13-35(41)43-7)33(39-28)18-34-26(12-14-36(42)44-8)22(6)30(40-34)17-32-24(10-2)20(4)29(38-32)16-31(23)37-27;;/h15-18H,9-14H2,1-8H3;1H;/q-2;;+3/p-1. The van der Waals surface area contributed by atoms with Crippen molar-refractivity contribution in [1.82, 2.24) is 19.9 Å². The molecule has 0 unspecified atom stereocenters. The van der Waals surface area contributed by atoms with Crippen LogP contribution in [0.5, 0.6) is 0 Å². The van der Waals surface area contributed by atoms with Crippen LogP contribution in [0.2, 0.25) is 0 Å². The Morgan fingerprint density at radius 2 is 1.07 bits per heavy atom. The summed E-state index contributed by atoms with van der Waals surface area (Å²) in [5, 5.41) is 0. The first-order chi connectivity index (χ1) is 21.1. The molecule has 0 atom stereocenters. The van der Waals surface area contributed by atoms with E-state index in [0.717, 1.165) is 91.1 Å². The van der Waals surface area contributed by atoms with Gasteiger partial charge in [-0.2, -0.15) is 0 Å². The molecule has 2 aliphatic heterocycles. The summed E-state index contributed by atoms with van der Waals surface area (Å²) in [5.41, 5.74) is 15.3. The smallest absolute Gasteiger partial charge is 1.00 e. The molecule has 0 fully saturated rings. The van der Waals surface area contributed by atoms with Gasteiger partial charge in [-0.25, -0.2) is 9.97 Å². The molecule has 243 valence electrons. The summed E-state index contributed by atoms with van der Waals surface area (Å²) in [6.07, 6.45) is 3.12. The average Bonchev–Trinajstić information content (AvgIpc) is 3.67. The van der Waals surface area contributed by atoms with Gasteiger partial charge >= 0.3 is 29.0 Å². The van der Waals surface area contributed by atoms with Crippen LogP contribution in [0, 0.1) is 13.8 Å². The summed E-state index contributed by atoms with van der Waals surface area (Å²) in [4.78, 5) is 44.6. The van der Waals surface area contributed by atoms with Crippen LogP contribution in [-0.4, -0.2) is 36.1 Å². The zero-order valence-corrected chi connectivity index (χ0v) is 29.6. The van der Waals surface area contributed by atoms with Gasteiger partial charge in [-0.05, 0) is 75.7 Å². The molecule has 8 bridgehead atoms. The SMILES string of the molecule is CCC1=C(C)c2cc3[n-]c(cc4nc(cc5[n-]c(cc1n2)c(C)c5CCC(=O)OC)C(CCC(=O)OC)=C4C)c(C)c3CC.[Cl-].[Fe+3]. The number of hydrogen-bond donors (Lipinski definition) is 0. The van der Waals surface area contributed by atoms with Crippen molar-refractivity contribution in [2.75, 3.05) is 14.2 Å². The van der Waals surface area contributed by atoms with Crippen molar-refractivity contribution in [2.45, 2.75) is 80.1 Å². The van der Waals surface area contributed by atoms with Crippen LogP contribution in [0.25, 0.3) is 44.4 Å². The molecule has 0 aliphatic carbocycles. The van der Waals surface area contributed by atoms with E-state index < -0.39 is 0 Å². The second-order valence-electron chi connectivity index (χ2n) is 11.4. The number of nitrogens with zero attached hydrogens (tertiary/aromatic N) is 4. The minimum Gasteiger partial charge on any atom is -1.00 e. The van der Waals surface area contributed by atoms with Crippen molar-refractivity contribution in [3.8, 4) is 0 Å². The monoisotopic (exact) mass is 683 g/mol. The van der Waals surface area contributed by atoms with Gasteiger partial charge in [-0.15, -0.1) is 22.1 Å². The molecular formula is C36H40ClFeN4O4. The predicted octanol–water partition coefficient (Wildman–Crippen LogP) is 4.08. The number of methoxy groups -OCH3 is 2. The first-order valence-corrected chi connectivity index (χ1v) is 15.3. The molecule has 0 saturated heterocycles. The summed E-state index contributed by atoms with van der Waals surface area (Å²) in [7, 11) is 2.80. The van der Waals surface area contributed by atoms with Crippen LogP contribution in [0.15, 0.2) is 24.3 Å². The molecule has 0 N–H and O–H groups in total. The van der Waals surface area contributed by atoms with E-state index in [1.807, 2.05) is 26.0 Å². The third-order valence-electron chi connectivity index (χ3n) is 8.96. The number of hydrogen-bond acceptors (Lipinski definition) is 6. The van der Waals surface area contributed by atoms with Gasteiger partial charge in [0.2, 0.25) is 0 Å². The number of esters is 2. The summed E-state index contributed by atoms with van der Waals surface area (Å²) < 4.78 is 9.89. The topological polar surface area (TPSA) is 107 Å². The van der Waals surface area contributed by atoms with Crippen molar-refractivity contribution in [3.63, 3.8) is 0 Å². The zero-order valence-electron chi connectivity index (χ0n) is 27.7. The van der Waals surface area contributed by atoms with E-state index in [9.17, 15) is 9.59 Å². The van der Waals surface area contributed by atoms with Crippen LogP contribution >= 0.6 is 0 Å². The molecule has 5 rings (SSSR count). The van der Waals surface area contributed by atoms with Crippen LogP contribution in [-0.2, 0) is 49.0 Å². The van der Waals surface area contributed by atoms with Gasteiger partial charge < -0.3 is 31.8 Å². The second kappa shape index (κ2) is 15.3. The Bertz CT molecular complexity index is 1900. The molecule has 1 radical (unpaired) electrons. The fourth-order valence-corrected chi connectivity index (χ4v) is 6.25. The molecule has 5 heterocycles. The summed E-state index contributed by atoms with van der Waals surface area (Å²) >= 11 is 0. The van der Waals surface area contributed by atoms with Crippen molar-refractivity contribution >= 4 is 56.3 Å². The van der Waals surface area contributed by atoms with E-state index in [2.05, 4.69) is 39.8 Å². The fraction of sp³-hybridized carbons (Fsp3) is 0.389. The summed E-state index contributed by atoms with van der Waals surface area (Å²) in [6, 6.07) is 8.19. The molecule has 3 aromatic rings. The molecule has 10 heteroatoms. The quantitative estimate of drug-likeness (QED) is 0.259. The number of aryl methyl sites for hydroxylation is 4. The van der Waals surface area contributed by atoms with Crippen molar-refractivity contribution in [2.24, 2.45) is 0 Å². The normalized spacial score (nSPS) is 12.5. The Morgan fingerprint density at radius 1 is 0.630 bits per heavy atom. The van der Waals surface area contributed by atoms with E-state index in [-0.39, 0.29) is 54.3 Å². The first kappa shape index (κ1) is 36.8. The number of rotatable bonds is 8. The number of carbonyl (C=O) groups is 2. The number of aromatic nitrogens is 4. The molecule has 0 saturated carbocycles. The Morgan fingerprint density at radius 3 is 1.61 bits per heavy atom. The van der Waals surface area contributed by atoms with Crippen LogP contribution in [0.3, 0.4) is 0 Å². The number of fused-ring (bicyclic) bond motifs is 8. The van der Waals surface area contributed by atoms with Gasteiger partial charge in [0, 0.05) is 12.8 Å². The fourth-order valence-electron chi connectivity index (χ4n) is 6.25. The summed E-state index contributed by atoms with van der Waals surface area (Å²) in [6.45, 7) is 12.6. The van der Waals surface area contributed by atoms with E-state index >= 15 is 0 Å². The molecule has 0 amide bonds. The zero-order chi connectivity index (χ0) is 31.7. The number of carbonyl (C=O) groups excluding carboxylic acids is 2. The van der Waals surface area contributed by atoms with Crippen LogP contribution in [0.4, 0.5) is 0 Å². The molecule has 2 aliphatic rings. The Balaban J connectivity index is 0.00000288. The maximum Gasteiger partial charge on any atom is 3.00 e. The van der Waals surface area contributed by atoms with Crippen LogP contribution < -0.4 is 22.4 Å². The molecule has 0 aromatic carbocycles. The van der Waals surface area contributed by atoms with Crippen molar-refractivity contribution in [3.05, 3.63) is 69.3 Å². The largest absolute Gasteiger partial charge is 3.00 e. The van der Waals surface area contributed by atoms with E-state index in [1.54, 1.807) is 0 Å². The minimum absolute atomic E-state index is 0. The minimum atomic E-state index is -0.275. The van der Waals surface area contributed by atoms with Crippen LogP contribution in [0.1, 0.15) is 98.4 Å². The van der Waals surface area contributed by atoms with Crippen molar-refractivity contribution < 1.29 is 48.5 Å². The molecular weight excluding hydrogens is 644 g/mol. The van der Waals surface area contributed by atoms with Gasteiger partial charge in [0.15, 0.2) is 0 Å². The maximum atomic E-state index is 12.2. The van der Waals surface area contributed by atoms with E-state index in [4.69, 9.17) is 29.4 Å². The van der Waals surface area contributed by atoms with Crippen molar-refractivity contribution in [1.29, 1.82) is 0 Å². The molecule has 0 spiro atoms. The third-order valence-corrected chi connectivity index (χ3v) is 8.96. The van der Waals surface area contributed by atoms with E-state index in [0.29, 0.717) is 12.8 Å². The van der Waals surface area contributed by atoms with Gasteiger partial charge in [0.25, 0.3) is 0 Å². The van der Waals surface area contributed by atoms with Gasteiger partial charge in [-0.3, -0.25) is 9.59 Å². The maximum absolute atomic E-state index is 12.2. The predicted molar refractivity (Wildman–Crippen MR) is 175 cm³/mol. The van der Waals surface area contributed by atoms with E-state index in [1.165, 1.54) is 25.4 Å². The number of halogens is 1. The Labute approximate surface area is 287 Å². The average molecular weight is 684 g/mol. The van der Waals surface area contributed by atoms with Gasteiger partial charge in [0.1, 0.15) is 0 Å². The second-order valence-corrected chi connectivity index (χ2v) is 11.4. The number of ether oxygens (including phenoxy) is 2.